The van der Waals surface area contributed by atoms with E-state index in [1.807, 2.05) is 24.3 Å². The van der Waals surface area contributed by atoms with Crippen LogP contribution < -0.4 is 16.6 Å². The summed E-state index contributed by atoms with van der Waals surface area (Å²) in [6.07, 6.45) is 1.24. The number of para-hydroxylation sites is 1. The first kappa shape index (κ1) is 9.18. The number of fused-ring (bicyclic) bond motifs is 1. The topological polar surface area (TPSA) is 67.1 Å². The molecule has 1 aliphatic rings. The van der Waals surface area contributed by atoms with E-state index in [0.29, 0.717) is 6.42 Å². The van der Waals surface area contributed by atoms with Crippen LogP contribution in [0.3, 0.4) is 0 Å². The van der Waals surface area contributed by atoms with Crippen molar-refractivity contribution in [3.8, 4) is 0 Å². The van der Waals surface area contributed by atoms with Crippen molar-refractivity contribution in [2.24, 2.45) is 5.84 Å². The van der Waals surface area contributed by atoms with Gasteiger partial charge in [0.05, 0.1) is 0 Å². The lowest BCUT2D eigenvalue weighted by Gasteiger charge is -2.14. The number of amides is 1. The molecule has 0 bridgehead atoms. The smallest absolute Gasteiger partial charge is 0.224 e. The molecule has 0 spiro atoms. The molecule has 0 aliphatic carbocycles. The standard InChI is InChI=1S/C10H13N3O/c11-13-9-5-6-10(14)12-8-4-2-1-3-7(8)9/h1-4,9,13H,5-6,11H2,(H,12,14). The van der Waals surface area contributed by atoms with Crippen LogP contribution in [0.2, 0.25) is 0 Å². The van der Waals surface area contributed by atoms with Crippen molar-refractivity contribution < 1.29 is 4.79 Å². The Kier molecular flexibility index (Phi) is 2.47. The van der Waals surface area contributed by atoms with Gasteiger partial charge in [-0.25, -0.2) is 0 Å². The monoisotopic (exact) mass is 191 g/mol. The summed E-state index contributed by atoms with van der Waals surface area (Å²) < 4.78 is 0. The lowest BCUT2D eigenvalue weighted by Crippen LogP contribution is -2.27. The number of hydrogen-bond acceptors (Lipinski definition) is 3. The highest BCUT2D eigenvalue weighted by atomic mass is 16.1. The highest BCUT2D eigenvalue weighted by Crippen LogP contribution is 2.28. The summed E-state index contributed by atoms with van der Waals surface area (Å²) in [6, 6.07) is 7.78. The van der Waals surface area contributed by atoms with E-state index in [4.69, 9.17) is 5.84 Å². The third-order valence-electron chi connectivity index (χ3n) is 2.47. The maximum absolute atomic E-state index is 11.3. The molecule has 0 fully saturated rings. The van der Waals surface area contributed by atoms with Crippen molar-refractivity contribution in [2.75, 3.05) is 5.32 Å². The van der Waals surface area contributed by atoms with Crippen LogP contribution in [-0.4, -0.2) is 5.91 Å². The van der Waals surface area contributed by atoms with Gasteiger partial charge in [0, 0.05) is 18.2 Å². The number of carbonyl (C=O) groups excluding carboxylic acids is 1. The molecule has 1 atom stereocenters. The fourth-order valence-electron chi connectivity index (χ4n) is 1.73. The number of benzene rings is 1. The lowest BCUT2D eigenvalue weighted by atomic mass is 10.0. The molecule has 0 saturated carbocycles. The Morgan fingerprint density at radius 3 is 3.00 bits per heavy atom. The zero-order valence-corrected chi connectivity index (χ0v) is 7.79. The SMILES string of the molecule is NNC1CCC(=O)Nc2ccccc21. The number of carbonyl (C=O) groups is 1. The van der Waals surface area contributed by atoms with Gasteiger partial charge in [0.2, 0.25) is 5.91 Å². The van der Waals surface area contributed by atoms with Crippen LogP contribution in [0.25, 0.3) is 0 Å². The van der Waals surface area contributed by atoms with Crippen LogP contribution in [0.4, 0.5) is 5.69 Å². The number of hydrogen-bond donors (Lipinski definition) is 3. The average molecular weight is 191 g/mol. The molecule has 4 heteroatoms. The number of hydrazine groups is 1. The van der Waals surface area contributed by atoms with Crippen molar-refractivity contribution >= 4 is 11.6 Å². The normalized spacial score (nSPS) is 20.9. The second-order valence-electron chi connectivity index (χ2n) is 3.39. The molecule has 14 heavy (non-hydrogen) atoms. The fraction of sp³-hybridized carbons (Fsp3) is 0.300. The molecule has 1 amide bonds. The summed E-state index contributed by atoms with van der Waals surface area (Å²) in [5, 5.41) is 2.85. The van der Waals surface area contributed by atoms with E-state index in [1.54, 1.807) is 0 Å². The molecule has 0 saturated heterocycles. The first-order valence-electron chi connectivity index (χ1n) is 4.66. The summed E-state index contributed by atoms with van der Waals surface area (Å²) >= 11 is 0. The number of anilines is 1. The van der Waals surface area contributed by atoms with Crippen LogP contribution in [0.1, 0.15) is 24.4 Å². The van der Waals surface area contributed by atoms with Gasteiger partial charge in [-0.3, -0.25) is 16.1 Å². The Bertz CT molecular complexity index is 351. The zero-order chi connectivity index (χ0) is 9.97. The van der Waals surface area contributed by atoms with E-state index < -0.39 is 0 Å². The van der Waals surface area contributed by atoms with Gasteiger partial charge in [0.25, 0.3) is 0 Å². The van der Waals surface area contributed by atoms with Crippen molar-refractivity contribution in [3.63, 3.8) is 0 Å². The number of nitrogens with two attached hydrogens (primary N) is 1. The highest BCUT2D eigenvalue weighted by molar-refractivity contribution is 5.92. The molecule has 74 valence electrons. The largest absolute Gasteiger partial charge is 0.326 e. The van der Waals surface area contributed by atoms with Gasteiger partial charge in [-0.05, 0) is 18.1 Å². The Morgan fingerprint density at radius 1 is 1.43 bits per heavy atom. The molecule has 1 heterocycles. The van der Waals surface area contributed by atoms with Crippen LogP contribution in [0.15, 0.2) is 24.3 Å². The van der Waals surface area contributed by atoms with Crippen LogP contribution >= 0.6 is 0 Å². The van der Waals surface area contributed by atoms with Crippen molar-refractivity contribution in [1.29, 1.82) is 0 Å². The summed E-state index contributed by atoms with van der Waals surface area (Å²) in [7, 11) is 0. The van der Waals surface area contributed by atoms with Gasteiger partial charge in [-0.2, -0.15) is 0 Å². The molecular formula is C10H13N3O. The van der Waals surface area contributed by atoms with E-state index in [1.165, 1.54) is 0 Å². The maximum atomic E-state index is 11.3. The number of nitrogens with one attached hydrogen (secondary N) is 2. The molecule has 1 aromatic carbocycles. The summed E-state index contributed by atoms with van der Waals surface area (Å²) in [4.78, 5) is 11.3. The second kappa shape index (κ2) is 3.77. The second-order valence-corrected chi connectivity index (χ2v) is 3.39. The van der Waals surface area contributed by atoms with E-state index in [0.717, 1.165) is 17.7 Å². The third-order valence-corrected chi connectivity index (χ3v) is 2.47. The van der Waals surface area contributed by atoms with Crippen LogP contribution in [-0.2, 0) is 4.79 Å². The van der Waals surface area contributed by atoms with Gasteiger partial charge >= 0.3 is 0 Å². The minimum absolute atomic E-state index is 0.0511. The first-order valence-corrected chi connectivity index (χ1v) is 4.66. The third kappa shape index (κ3) is 1.62. The molecule has 0 radical (unpaired) electrons. The minimum Gasteiger partial charge on any atom is -0.326 e. The summed E-state index contributed by atoms with van der Waals surface area (Å²) in [5.41, 5.74) is 4.64. The highest BCUT2D eigenvalue weighted by Gasteiger charge is 2.19. The van der Waals surface area contributed by atoms with Gasteiger partial charge in [-0.1, -0.05) is 18.2 Å². The molecule has 4 N–H and O–H groups in total. The van der Waals surface area contributed by atoms with E-state index in [9.17, 15) is 4.79 Å². The molecule has 4 nitrogen and oxygen atoms in total. The van der Waals surface area contributed by atoms with Crippen LogP contribution in [0, 0.1) is 0 Å². The zero-order valence-electron chi connectivity index (χ0n) is 7.79. The molecule has 2 rings (SSSR count). The van der Waals surface area contributed by atoms with Crippen LogP contribution in [0.5, 0.6) is 0 Å². The number of rotatable bonds is 1. The fourth-order valence-corrected chi connectivity index (χ4v) is 1.73. The van der Waals surface area contributed by atoms with Gasteiger partial charge in [0.15, 0.2) is 0 Å². The Labute approximate surface area is 82.5 Å². The molecule has 1 unspecified atom stereocenters. The maximum Gasteiger partial charge on any atom is 0.224 e. The predicted octanol–water partition coefficient (Wildman–Crippen LogP) is 0.923. The molecule has 1 aliphatic heterocycles. The van der Waals surface area contributed by atoms with Crippen molar-refractivity contribution in [3.05, 3.63) is 29.8 Å². The lowest BCUT2D eigenvalue weighted by molar-refractivity contribution is -0.116. The van der Waals surface area contributed by atoms with Gasteiger partial charge in [-0.15, -0.1) is 0 Å². The summed E-state index contributed by atoms with van der Waals surface area (Å²) in [5.74, 6) is 5.50. The van der Waals surface area contributed by atoms with Crippen molar-refractivity contribution in [2.45, 2.75) is 18.9 Å². The van der Waals surface area contributed by atoms with Gasteiger partial charge < -0.3 is 5.32 Å². The molecule has 1 aromatic rings. The van der Waals surface area contributed by atoms with E-state index in [2.05, 4.69) is 10.7 Å². The minimum atomic E-state index is 0.0511. The predicted molar refractivity (Wildman–Crippen MR) is 54.4 cm³/mol. The van der Waals surface area contributed by atoms with Gasteiger partial charge in [0.1, 0.15) is 0 Å². The van der Waals surface area contributed by atoms with E-state index in [-0.39, 0.29) is 11.9 Å². The molecular weight excluding hydrogens is 178 g/mol. The Hall–Kier alpha value is -1.39. The Balaban J connectivity index is 2.40. The first-order chi connectivity index (χ1) is 6.81. The average Bonchev–Trinajstić information content (AvgIpc) is 2.36. The van der Waals surface area contributed by atoms with E-state index >= 15 is 0 Å². The summed E-state index contributed by atoms with van der Waals surface area (Å²) in [6.45, 7) is 0. The molecule has 0 aromatic heterocycles. The quantitative estimate of drug-likeness (QED) is 0.457. The van der Waals surface area contributed by atoms with Crippen molar-refractivity contribution in [1.82, 2.24) is 5.43 Å². The Morgan fingerprint density at radius 2 is 2.21 bits per heavy atom.